The SMILES string of the molecule is c1ccc(-c2ccc(-c3nc(-c4ccccc4)nc(-n4c5ccccc5c5ccc6c7ccccc7n(-c7cccc(-c8cc(-c9ccccc9)cc(-c9ccccc9)c8)c7-c7ccccc7)c6c54)n3)cc2)cc1. The van der Waals surface area contributed by atoms with Crippen LogP contribution in [0, 0.1) is 0 Å². The van der Waals surface area contributed by atoms with Crippen LogP contribution >= 0.6 is 0 Å². The Balaban J connectivity index is 1.07. The van der Waals surface area contributed by atoms with Gasteiger partial charge in [-0.25, -0.2) is 4.98 Å². The van der Waals surface area contributed by atoms with Crippen LogP contribution in [0.3, 0.4) is 0 Å². The maximum absolute atomic E-state index is 5.45. The highest BCUT2D eigenvalue weighted by atomic mass is 15.2. The van der Waals surface area contributed by atoms with Crippen molar-refractivity contribution in [3.05, 3.63) is 273 Å². The fourth-order valence-electron chi connectivity index (χ4n) is 11.0. The van der Waals surface area contributed by atoms with Crippen LogP contribution in [0.5, 0.6) is 0 Å². The fourth-order valence-corrected chi connectivity index (χ4v) is 11.0. The molecule has 3 heterocycles. The first kappa shape index (κ1) is 42.9. The second kappa shape index (κ2) is 18.0. The van der Waals surface area contributed by atoms with Gasteiger partial charge >= 0.3 is 0 Å². The van der Waals surface area contributed by atoms with E-state index in [2.05, 4.69) is 258 Å². The molecular weight excluding hydrogens is 899 g/mol. The summed E-state index contributed by atoms with van der Waals surface area (Å²) in [5.41, 5.74) is 18.5. The van der Waals surface area contributed by atoms with E-state index in [-0.39, 0.29) is 0 Å². The number of aromatic nitrogens is 5. The first-order valence-corrected chi connectivity index (χ1v) is 25.1. The molecule has 0 saturated carbocycles. The van der Waals surface area contributed by atoms with E-state index < -0.39 is 0 Å². The third-order valence-corrected chi connectivity index (χ3v) is 14.4. The molecule has 74 heavy (non-hydrogen) atoms. The van der Waals surface area contributed by atoms with Gasteiger partial charge < -0.3 is 4.57 Å². The van der Waals surface area contributed by atoms with Gasteiger partial charge in [0.15, 0.2) is 11.6 Å². The molecule has 14 aromatic rings. The molecule has 0 saturated heterocycles. The summed E-state index contributed by atoms with van der Waals surface area (Å²) < 4.78 is 4.77. The molecule has 0 atom stereocenters. The lowest BCUT2D eigenvalue weighted by Gasteiger charge is -2.20. The molecule has 14 rings (SSSR count). The van der Waals surface area contributed by atoms with Crippen LogP contribution in [0.1, 0.15) is 0 Å². The Morgan fingerprint density at radius 1 is 0.243 bits per heavy atom. The Bertz CT molecular complexity index is 4320. The molecule has 0 spiro atoms. The standard InChI is InChI=1S/C69H45N5/c1-6-21-46(22-7-1)49-37-39-52(40-38-49)68-70-67(51-29-14-5-15-30-51)71-69(72-68)74-62-35-19-17-32-58(62)60-42-41-59-57-31-16-18-34-61(57)73(65(59)66(60)74)63-36-20-33-56(64(63)50-27-12-4-13-28-50)55-44-53(47-23-8-2-9-24-47)43-54(45-55)48-25-10-3-11-26-48/h1-45H. The van der Waals surface area contributed by atoms with Gasteiger partial charge in [-0.15, -0.1) is 0 Å². The molecule has 346 valence electrons. The molecule has 11 aromatic carbocycles. The molecule has 0 fully saturated rings. The molecule has 5 nitrogen and oxygen atoms in total. The number of hydrogen-bond acceptors (Lipinski definition) is 3. The quantitative estimate of drug-likeness (QED) is 0.145. The van der Waals surface area contributed by atoms with Gasteiger partial charge in [-0.2, -0.15) is 9.97 Å². The largest absolute Gasteiger partial charge is 0.307 e. The van der Waals surface area contributed by atoms with Crippen LogP contribution in [0.4, 0.5) is 0 Å². The van der Waals surface area contributed by atoms with Crippen molar-refractivity contribution in [3.63, 3.8) is 0 Å². The lowest BCUT2D eigenvalue weighted by atomic mass is 9.88. The average Bonchev–Trinajstić information content (AvgIpc) is 4.01. The van der Waals surface area contributed by atoms with Crippen LogP contribution in [0.15, 0.2) is 273 Å². The Morgan fingerprint density at radius 2 is 0.635 bits per heavy atom. The molecule has 0 radical (unpaired) electrons. The zero-order valence-electron chi connectivity index (χ0n) is 40.2. The van der Waals surface area contributed by atoms with Gasteiger partial charge in [0.1, 0.15) is 0 Å². The van der Waals surface area contributed by atoms with E-state index in [0.717, 1.165) is 105 Å². The molecule has 5 heteroatoms. The lowest BCUT2D eigenvalue weighted by Crippen LogP contribution is -2.07. The first-order valence-electron chi connectivity index (χ1n) is 25.1. The number of hydrogen-bond donors (Lipinski definition) is 0. The minimum Gasteiger partial charge on any atom is -0.307 e. The normalized spacial score (nSPS) is 11.5. The molecule has 0 aliphatic carbocycles. The molecule has 0 aliphatic rings. The third-order valence-electron chi connectivity index (χ3n) is 14.4. The van der Waals surface area contributed by atoms with E-state index >= 15 is 0 Å². The smallest absolute Gasteiger partial charge is 0.238 e. The highest BCUT2D eigenvalue weighted by molar-refractivity contribution is 6.24. The van der Waals surface area contributed by atoms with Gasteiger partial charge in [0, 0.05) is 38.2 Å². The lowest BCUT2D eigenvalue weighted by molar-refractivity contribution is 0.953. The number of para-hydroxylation sites is 2. The number of fused-ring (bicyclic) bond motifs is 7. The fraction of sp³-hybridized carbons (Fsp3) is 0. The third kappa shape index (κ3) is 7.37. The van der Waals surface area contributed by atoms with Crippen LogP contribution < -0.4 is 0 Å². The minimum atomic E-state index is 0.541. The predicted molar refractivity (Wildman–Crippen MR) is 307 cm³/mol. The van der Waals surface area contributed by atoms with Crippen molar-refractivity contribution in [1.82, 2.24) is 24.1 Å². The Hall–Kier alpha value is -9.97. The van der Waals surface area contributed by atoms with E-state index in [1.54, 1.807) is 0 Å². The maximum Gasteiger partial charge on any atom is 0.238 e. The zero-order chi connectivity index (χ0) is 49.0. The summed E-state index contributed by atoms with van der Waals surface area (Å²) in [5, 5.41) is 4.50. The summed E-state index contributed by atoms with van der Waals surface area (Å²) in [5.74, 6) is 1.74. The number of rotatable bonds is 9. The summed E-state index contributed by atoms with van der Waals surface area (Å²) in [6, 6.07) is 97.4. The van der Waals surface area contributed by atoms with Crippen LogP contribution in [-0.4, -0.2) is 24.1 Å². The maximum atomic E-state index is 5.45. The van der Waals surface area contributed by atoms with Gasteiger partial charge in [0.2, 0.25) is 5.95 Å². The van der Waals surface area contributed by atoms with Gasteiger partial charge in [0.05, 0.1) is 27.8 Å². The van der Waals surface area contributed by atoms with E-state index in [1.807, 2.05) is 24.3 Å². The first-order chi connectivity index (χ1) is 36.7. The van der Waals surface area contributed by atoms with Crippen LogP contribution in [0.25, 0.3) is 134 Å². The van der Waals surface area contributed by atoms with Gasteiger partial charge in [-0.3, -0.25) is 4.57 Å². The topological polar surface area (TPSA) is 48.5 Å². The van der Waals surface area contributed by atoms with Gasteiger partial charge in [-0.1, -0.05) is 237 Å². The van der Waals surface area contributed by atoms with Crippen molar-refractivity contribution in [3.8, 4) is 90.0 Å². The van der Waals surface area contributed by atoms with E-state index in [1.165, 1.54) is 11.1 Å². The van der Waals surface area contributed by atoms with Gasteiger partial charge in [0.25, 0.3) is 0 Å². The second-order valence-electron chi connectivity index (χ2n) is 18.8. The van der Waals surface area contributed by atoms with E-state index in [0.29, 0.717) is 17.6 Å². The molecule has 0 bridgehead atoms. The van der Waals surface area contributed by atoms with Crippen molar-refractivity contribution < 1.29 is 0 Å². The second-order valence-corrected chi connectivity index (χ2v) is 18.8. The molecule has 0 aliphatic heterocycles. The zero-order valence-corrected chi connectivity index (χ0v) is 40.2. The molecule has 0 unspecified atom stereocenters. The Kier molecular flexibility index (Phi) is 10.4. The van der Waals surface area contributed by atoms with Crippen LogP contribution in [0.2, 0.25) is 0 Å². The Morgan fingerprint density at radius 3 is 1.18 bits per heavy atom. The predicted octanol–water partition coefficient (Wildman–Crippen LogP) is 17.7. The van der Waals surface area contributed by atoms with Crippen molar-refractivity contribution in [2.45, 2.75) is 0 Å². The molecule has 0 amide bonds. The summed E-state index contributed by atoms with van der Waals surface area (Å²) in [7, 11) is 0. The number of benzene rings is 11. The molecule has 3 aromatic heterocycles. The average molecular weight is 944 g/mol. The van der Waals surface area contributed by atoms with Crippen molar-refractivity contribution >= 4 is 43.6 Å². The molecule has 0 N–H and O–H groups in total. The highest BCUT2D eigenvalue weighted by Crippen LogP contribution is 2.46. The van der Waals surface area contributed by atoms with Crippen molar-refractivity contribution in [2.75, 3.05) is 0 Å². The summed E-state index contributed by atoms with van der Waals surface area (Å²) in [4.78, 5) is 16.1. The van der Waals surface area contributed by atoms with E-state index in [9.17, 15) is 0 Å². The summed E-state index contributed by atoms with van der Waals surface area (Å²) >= 11 is 0. The van der Waals surface area contributed by atoms with Crippen molar-refractivity contribution in [1.29, 1.82) is 0 Å². The summed E-state index contributed by atoms with van der Waals surface area (Å²) in [6.45, 7) is 0. The number of nitrogens with zero attached hydrogens (tertiary/aromatic N) is 5. The minimum absolute atomic E-state index is 0.541. The van der Waals surface area contributed by atoms with Gasteiger partial charge in [-0.05, 0) is 86.5 Å². The van der Waals surface area contributed by atoms with E-state index in [4.69, 9.17) is 15.0 Å². The van der Waals surface area contributed by atoms with Crippen LogP contribution in [-0.2, 0) is 0 Å². The highest BCUT2D eigenvalue weighted by Gasteiger charge is 2.26. The monoisotopic (exact) mass is 943 g/mol. The summed E-state index contributed by atoms with van der Waals surface area (Å²) in [6.07, 6.45) is 0. The Labute approximate surface area is 428 Å². The molecular formula is C69H45N5. The van der Waals surface area contributed by atoms with Crippen molar-refractivity contribution in [2.24, 2.45) is 0 Å².